The van der Waals surface area contributed by atoms with Crippen LogP contribution >= 0.6 is 11.6 Å². The molecule has 0 N–H and O–H groups in total. The SMILES string of the molecule is O=S(=O)(Oc1cccc(-c2nc3ccccc3o2)c1Cl)C(F)(F)F. The first kappa shape index (κ1) is 16.6. The van der Waals surface area contributed by atoms with Crippen molar-refractivity contribution in [2.75, 3.05) is 0 Å². The Morgan fingerprint density at radius 1 is 1.08 bits per heavy atom. The van der Waals surface area contributed by atoms with Crippen LogP contribution < -0.4 is 4.18 Å². The van der Waals surface area contributed by atoms with Crippen LogP contribution in [0.25, 0.3) is 22.6 Å². The molecule has 1 aromatic heterocycles. The van der Waals surface area contributed by atoms with E-state index in [1.54, 1.807) is 24.3 Å². The first-order valence-electron chi connectivity index (χ1n) is 6.34. The molecule has 0 unspecified atom stereocenters. The van der Waals surface area contributed by atoms with E-state index in [1.807, 2.05) is 0 Å². The van der Waals surface area contributed by atoms with Crippen LogP contribution in [-0.2, 0) is 10.1 Å². The quantitative estimate of drug-likeness (QED) is 0.500. The highest BCUT2D eigenvalue weighted by molar-refractivity contribution is 7.88. The van der Waals surface area contributed by atoms with Gasteiger partial charge >= 0.3 is 15.6 Å². The summed E-state index contributed by atoms with van der Waals surface area (Å²) in [7, 11) is -5.83. The third-order valence-corrected chi connectivity index (χ3v) is 4.33. The van der Waals surface area contributed by atoms with E-state index in [9.17, 15) is 21.6 Å². The highest BCUT2D eigenvalue weighted by Gasteiger charge is 2.48. The summed E-state index contributed by atoms with van der Waals surface area (Å²) in [4.78, 5) is 4.15. The number of oxazole rings is 1. The van der Waals surface area contributed by atoms with Gasteiger partial charge in [0, 0.05) is 0 Å². The van der Waals surface area contributed by atoms with Gasteiger partial charge < -0.3 is 8.60 Å². The molecule has 0 aliphatic rings. The van der Waals surface area contributed by atoms with Gasteiger partial charge in [0.2, 0.25) is 5.89 Å². The molecule has 0 spiro atoms. The van der Waals surface area contributed by atoms with Gasteiger partial charge in [0.25, 0.3) is 0 Å². The lowest BCUT2D eigenvalue weighted by Gasteiger charge is -2.11. The van der Waals surface area contributed by atoms with Gasteiger partial charge in [-0.3, -0.25) is 0 Å². The molecule has 0 saturated carbocycles. The fourth-order valence-electron chi connectivity index (χ4n) is 1.89. The number of halogens is 4. The summed E-state index contributed by atoms with van der Waals surface area (Å²) in [6.45, 7) is 0. The molecule has 5 nitrogen and oxygen atoms in total. The molecule has 3 aromatic rings. The van der Waals surface area contributed by atoms with Gasteiger partial charge in [0.05, 0.1) is 10.6 Å². The van der Waals surface area contributed by atoms with E-state index in [0.29, 0.717) is 11.1 Å². The summed E-state index contributed by atoms with van der Waals surface area (Å²) in [5, 5.41) is -0.364. The monoisotopic (exact) mass is 377 g/mol. The Hall–Kier alpha value is -2.26. The van der Waals surface area contributed by atoms with Crippen molar-refractivity contribution >= 4 is 32.8 Å². The minimum atomic E-state index is -5.83. The fourth-order valence-corrected chi connectivity index (χ4v) is 2.65. The number of fused-ring (bicyclic) bond motifs is 1. The minimum Gasteiger partial charge on any atom is -0.436 e. The van der Waals surface area contributed by atoms with E-state index in [2.05, 4.69) is 9.17 Å². The van der Waals surface area contributed by atoms with Gasteiger partial charge in [-0.2, -0.15) is 21.6 Å². The topological polar surface area (TPSA) is 69.4 Å². The van der Waals surface area contributed by atoms with Crippen molar-refractivity contribution in [2.45, 2.75) is 5.51 Å². The van der Waals surface area contributed by atoms with Crippen molar-refractivity contribution in [3.8, 4) is 17.2 Å². The molecule has 0 atom stereocenters. The van der Waals surface area contributed by atoms with Crippen LogP contribution in [0.4, 0.5) is 13.2 Å². The number of hydrogen-bond acceptors (Lipinski definition) is 5. The van der Waals surface area contributed by atoms with Gasteiger partial charge in [0.1, 0.15) is 5.52 Å². The van der Waals surface area contributed by atoms with Crippen molar-refractivity contribution in [3.63, 3.8) is 0 Å². The number of nitrogens with zero attached hydrogens (tertiary/aromatic N) is 1. The Morgan fingerprint density at radius 2 is 1.79 bits per heavy atom. The van der Waals surface area contributed by atoms with Gasteiger partial charge in [0.15, 0.2) is 11.3 Å². The average molecular weight is 378 g/mol. The maximum absolute atomic E-state index is 12.4. The van der Waals surface area contributed by atoms with Gasteiger partial charge in [-0.15, -0.1) is 0 Å². The normalized spacial score (nSPS) is 12.5. The number of benzene rings is 2. The highest BCUT2D eigenvalue weighted by Crippen LogP contribution is 2.38. The van der Waals surface area contributed by atoms with E-state index in [1.165, 1.54) is 12.1 Å². The number of alkyl halides is 3. The first-order valence-corrected chi connectivity index (χ1v) is 8.13. The first-order chi connectivity index (χ1) is 11.2. The summed E-state index contributed by atoms with van der Waals surface area (Å²) < 4.78 is 69.1. The smallest absolute Gasteiger partial charge is 0.436 e. The van der Waals surface area contributed by atoms with Crippen molar-refractivity contribution in [1.82, 2.24) is 4.98 Å². The van der Waals surface area contributed by atoms with E-state index in [4.69, 9.17) is 16.0 Å². The van der Waals surface area contributed by atoms with Crippen LogP contribution in [0.1, 0.15) is 0 Å². The summed E-state index contributed by atoms with van der Waals surface area (Å²) in [6, 6.07) is 10.5. The lowest BCUT2D eigenvalue weighted by molar-refractivity contribution is -0.0500. The second-order valence-corrected chi connectivity index (χ2v) is 6.50. The molecule has 0 fully saturated rings. The van der Waals surface area contributed by atoms with Crippen LogP contribution in [0, 0.1) is 0 Å². The lowest BCUT2D eigenvalue weighted by Crippen LogP contribution is -2.28. The van der Waals surface area contributed by atoms with Gasteiger partial charge in [-0.25, -0.2) is 4.98 Å². The molecule has 3 rings (SSSR count). The van der Waals surface area contributed by atoms with Crippen LogP contribution in [-0.4, -0.2) is 18.9 Å². The Labute approximate surface area is 138 Å². The molecule has 1 heterocycles. The Bertz CT molecular complexity index is 981. The van der Waals surface area contributed by atoms with Crippen LogP contribution in [0.5, 0.6) is 5.75 Å². The fraction of sp³-hybridized carbons (Fsp3) is 0.0714. The van der Waals surface area contributed by atoms with E-state index < -0.39 is 21.4 Å². The molecule has 2 aromatic carbocycles. The molecule has 0 saturated heterocycles. The van der Waals surface area contributed by atoms with Gasteiger partial charge in [-0.05, 0) is 24.3 Å². The predicted octanol–water partition coefficient (Wildman–Crippen LogP) is 4.38. The standard InChI is InChI=1S/C14H7ClF3NO4S/c15-12-8(13-19-9-5-1-2-6-10(9)22-13)4-3-7-11(12)23-24(20,21)14(16,17)18/h1-7H. The second kappa shape index (κ2) is 5.67. The van der Waals surface area contributed by atoms with Crippen molar-refractivity contribution < 1.29 is 30.2 Å². The number of aromatic nitrogens is 1. The van der Waals surface area contributed by atoms with E-state index in [0.717, 1.165) is 6.07 Å². The van der Waals surface area contributed by atoms with E-state index in [-0.39, 0.29) is 16.5 Å². The molecular formula is C14H7ClF3NO4S. The zero-order valence-corrected chi connectivity index (χ0v) is 13.1. The predicted molar refractivity (Wildman–Crippen MR) is 80.1 cm³/mol. The summed E-state index contributed by atoms with van der Waals surface area (Å²) >= 11 is 5.97. The molecule has 0 bridgehead atoms. The Morgan fingerprint density at radius 3 is 2.46 bits per heavy atom. The molecule has 0 amide bonds. The van der Waals surface area contributed by atoms with Crippen molar-refractivity contribution in [3.05, 3.63) is 47.5 Å². The molecule has 10 heteroatoms. The number of para-hydroxylation sites is 2. The van der Waals surface area contributed by atoms with Crippen LogP contribution in [0.3, 0.4) is 0 Å². The maximum Gasteiger partial charge on any atom is 0.534 e. The Kier molecular flexibility index (Phi) is 3.92. The zero-order valence-electron chi connectivity index (χ0n) is 11.5. The van der Waals surface area contributed by atoms with Crippen LogP contribution in [0.15, 0.2) is 46.9 Å². The molecule has 0 aliphatic carbocycles. The largest absolute Gasteiger partial charge is 0.534 e. The second-order valence-electron chi connectivity index (χ2n) is 4.59. The average Bonchev–Trinajstić information content (AvgIpc) is 2.91. The third-order valence-electron chi connectivity index (χ3n) is 2.97. The zero-order chi connectivity index (χ0) is 17.5. The van der Waals surface area contributed by atoms with Crippen LogP contribution in [0.2, 0.25) is 5.02 Å². The van der Waals surface area contributed by atoms with Crippen molar-refractivity contribution in [2.24, 2.45) is 0 Å². The summed E-state index contributed by atoms with van der Waals surface area (Å²) in [5.41, 5.74) is -4.51. The number of hydrogen-bond donors (Lipinski definition) is 0. The number of rotatable bonds is 3. The molecule has 0 aliphatic heterocycles. The Balaban J connectivity index is 2.06. The maximum atomic E-state index is 12.4. The highest BCUT2D eigenvalue weighted by atomic mass is 35.5. The molecule has 0 radical (unpaired) electrons. The lowest BCUT2D eigenvalue weighted by atomic mass is 10.2. The molecule has 24 heavy (non-hydrogen) atoms. The third kappa shape index (κ3) is 2.92. The van der Waals surface area contributed by atoms with Gasteiger partial charge in [-0.1, -0.05) is 29.8 Å². The van der Waals surface area contributed by atoms with Crippen molar-refractivity contribution in [1.29, 1.82) is 0 Å². The summed E-state index contributed by atoms with van der Waals surface area (Å²) in [5.74, 6) is -0.648. The minimum absolute atomic E-state index is 0.0241. The molecular weight excluding hydrogens is 371 g/mol. The molecule has 126 valence electrons. The van der Waals surface area contributed by atoms with E-state index >= 15 is 0 Å². The summed E-state index contributed by atoms with van der Waals surface area (Å²) in [6.07, 6.45) is 0.